The van der Waals surface area contributed by atoms with E-state index in [-0.39, 0.29) is 11.9 Å². The Balaban J connectivity index is 2.17. The Morgan fingerprint density at radius 1 is 1.80 bits per heavy atom. The van der Waals surface area contributed by atoms with Crippen LogP contribution in [0.4, 0.5) is 0 Å². The average Bonchev–Trinajstić information content (AvgIpc) is 2.40. The van der Waals surface area contributed by atoms with Gasteiger partial charge in [-0.15, -0.1) is 0 Å². The van der Waals surface area contributed by atoms with Gasteiger partial charge in [-0.3, -0.25) is 4.79 Å². The van der Waals surface area contributed by atoms with Gasteiger partial charge >= 0.3 is 0 Å². The third-order valence-electron chi connectivity index (χ3n) is 1.57. The van der Waals surface area contributed by atoms with Crippen LogP contribution in [0.1, 0.15) is 6.42 Å². The number of rotatable bonds is 2. The second-order valence-electron chi connectivity index (χ2n) is 2.42. The summed E-state index contributed by atoms with van der Waals surface area (Å²) in [6, 6.07) is 0.222. The molecule has 1 amide bonds. The minimum absolute atomic E-state index is 0.222. The van der Waals surface area contributed by atoms with E-state index in [1.807, 2.05) is 0 Å². The van der Waals surface area contributed by atoms with Crippen LogP contribution in [0.2, 0.25) is 0 Å². The Bertz CT molecular complexity index is 121. The maximum Gasteiger partial charge on any atom is 0.245 e. The lowest BCUT2D eigenvalue weighted by Crippen LogP contribution is -2.37. The van der Waals surface area contributed by atoms with Gasteiger partial charge in [-0.25, -0.2) is 0 Å². The number of hydrogen-bond acceptors (Lipinski definition) is 3. The van der Waals surface area contributed by atoms with Crippen LogP contribution < -0.4 is 10.6 Å². The Labute approximate surface area is 59.6 Å². The van der Waals surface area contributed by atoms with Gasteiger partial charge in [0.1, 0.15) is 6.61 Å². The van der Waals surface area contributed by atoms with Gasteiger partial charge < -0.3 is 15.7 Å². The predicted molar refractivity (Wildman–Crippen MR) is 36.5 cm³/mol. The van der Waals surface area contributed by atoms with E-state index >= 15 is 0 Å². The van der Waals surface area contributed by atoms with Crippen molar-refractivity contribution in [1.29, 1.82) is 0 Å². The summed E-state index contributed by atoms with van der Waals surface area (Å²) in [4.78, 5) is 10.6. The van der Waals surface area contributed by atoms with E-state index in [1.54, 1.807) is 0 Å². The number of carbonyl (C=O) groups is 1. The third kappa shape index (κ3) is 1.97. The van der Waals surface area contributed by atoms with Crippen LogP contribution in [0.3, 0.4) is 0 Å². The fraction of sp³-hybridized carbons (Fsp3) is 0.833. The average molecular weight is 144 g/mol. The maximum absolute atomic E-state index is 10.6. The highest BCUT2D eigenvalue weighted by Gasteiger charge is 2.15. The topological polar surface area (TPSA) is 61.4 Å². The van der Waals surface area contributed by atoms with Gasteiger partial charge in [0.05, 0.1) is 0 Å². The summed E-state index contributed by atoms with van der Waals surface area (Å²) in [6.07, 6.45) is 0.964. The highest BCUT2D eigenvalue weighted by molar-refractivity contribution is 5.77. The fourth-order valence-electron chi connectivity index (χ4n) is 1.05. The molecular weight excluding hydrogens is 132 g/mol. The number of amides is 1. The molecule has 0 radical (unpaired) electrons. The molecule has 1 rings (SSSR count). The summed E-state index contributed by atoms with van der Waals surface area (Å²) in [5.41, 5.74) is 0. The highest BCUT2D eigenvalue weighted by Crippen LogP contribution is 1.95. The van der Waals surface area contributed by atoms with Crippen molar-refractivity contribution in [2.24, 2.45) is 0 Å². The van der Waals surface area contributed by atoms with Crippen LogP contribution in [-0.2, 0) is 4.79 Å². The molecule has 10 heavy (non-hydrogen) atoms. The van der Waals surface area contributed by atoms with Gasteiger partial charge in [0.2, 0.25) is 5.91 Å². The molecule has 0 aliphatic carbocycles. The van der Waals surface area contributed by atoms with Crippen LogP contribution in [0.15, 0.2) is 0 Å². The minimum atomic E-state index is -0.406. The smallest absolute Gasteiger partial charge is 0.245 e. The van der Waals surface area contributed by atoms with Crippen molar-refractivity contribution in [1.82, 2.24) is 10.6 Å². The first kappa shape index (κ1) is 7.50. The molecule has 1 fully saturated rings. The Morgan fingerprint density at radius 3 is 3.10 bits per heavy atom. The SMILES string of the molecule is O=C(CO)N[C@H]1CCNC1. The molecular formula is C6H12N2O2. The lowest BCUT2D eigenvalue weighted by Gasteiger charge is -2.08. The van der Waals surface area contributed by atoms with Crippen molar-refractivity contribution in [3.63, 3.8) is 0 Å². The molecule has 0 aromatic heterocycles. The van der Waals surface area contributed by atoms with Crippen LogP contribution in [0.25, 0.3) is 0 Å². The van der Waals surface area contributed by atoms with Crippen molar-refractivity contribution < 1.29 is 9.90 Å². The van der Waals surface area contributed by atoms with E-state index in [2.05, 4.69) is 10.6 Å². The van der Waals surface area contributed by atoms with E-state index in [1.165, 1.54) is 0 Å². The molecule has 0 aromatic carbocycles. The quantitative estimate of drug-likeness (QED) is 0.440. The van der Waals surface area contributed by atoms with Gasteiger partial charge in [-0.1, -0.05) is 0 Å². The van der Waals surface area contributed by atoms with Gasteiger partial charge in [-0.2, -0.15) is 0 Å². The number of nitrogens with one attached hydrogen (secondary N) is 2. The number of aliphatic hydroxyl groups is 1. The maximum atomic E-state index is 10.6. The molecule has 1 saturated heterocycles. The zero-order chi connectivity index (χ0) is 7.40. The molecule has 1 atom stereocenters. The largest absolute Gasteiger partial charge is 0.387 e. The molecule has 1 aliphatic heterocycles. The fourth-order valence-corrected chi connectivity index (χ4v) is 1.05. The summed E-state index contributed by atoms with van der Waals surface area (Å²) in [5, 5.41) is 14.1. The Hall–Kier alpha value is -0.610. The zero-order valence-corrected chi connectivity index (χ0v) is 5.76. The number of carbonyl (C=O) groups excluding carboxylic acids is 1. The summed E-state index contributed by atoms with van der Waals surface area (Å²) < 4.78 is 0. The monoisotopic (exact) mass is 144 g/mol. The molecule has 58 valence electrons. The van der Waals surface area contributed by atoms with Crippen LogP contribution in [0, 0.1) is 0 Å². The molecule has 0 saturated carbocycles. The summed E-state index contributed by atoms with van der Waals surface area (Å²) >= 11 is 0. The van der Waals surface area contributed by atoms with Crippen molar-refractivity contribution >= 4 is 5.91 Å². The van der Waals surface area contributed by atoms with Crippen molar-refractivity contribution in [2.75, 3.05) is 19.7 Å². The predicted octanol–water partition coefficient (Wildman–Crippen LogP) is -1.54. The van der Waals surface area contributed by atoms with Crippen molar-refractivity contribution in [3.05, 3.63) is 0 Å². The van der Waals surface area contributed by atoms with E-state index in [0.29, 0.717) is 0 Å². The first-order chi connectivity index (χ1) is 4.83. The van der Waals surface area contributed by atoms with Crippen LogP contribution >= 0.6 is 0 Å². The number of aliphatic hydroxyl groups excluding tert-OH is 1. The normalized spacial score (nSPS) is 24.7. The number of hydrogen-bond donors (Lipinski definition) is 3. The van der Waals surface area contributed by atoms with Gasteiger partial charge in [0.15, 0.2) is 0 Å². The molecule has 3 N–H and O–H groups in total. The van der Waals surface area contributed by atoms with Crippen LogP contribution in [0.5, 0.6) is 0 Å². The Morgan fingerprint density at radius 2 is 2.60 bits per heavy atom. The molecule has 0 unspecified atom stereocenters. The molecule has 0 aromatic rings. The molecule has 4 nitrogen and oxygen atoms in total. The third-order valence-corrected chi connectivity index (χ3v) is 1.57. The van der Waals surface area contributed by atoms with Gasteiger partial charge in [0, 0.05) is 12.6 Å². The van der Waals surface area contributed by atoms with Crippen molar-refractivity contribution in [2.45, 2.75) is 12.5 Å². The van der Waals surface area contributed by atoms with Gasteiger partial charge in [-0.05, 0) is 13.0 Å². The van der Waals surface area contributed by atoms with Gasteiger partial charge in [0.25, 0.3) is 0 Å². The van der Waals surface area contributed by atoms with E-state index < -0.39 is 6.61 Å². The second-order valence-corrected chi connectivity index (χ2v) is 2.42. The lowest BCUT2D eigenvalue weighted by molar-refractivity contribution is -0.124. The highest BCUT2D eigenvalue weighted by atomic mass is 16.3. The van der Waals surface area contributed by atoms with E-state index in [9.17, 15) is 4.79 Å². The first-order valence-corrected chi connectivity index (χ1v) is 3.44. The molecule has 0 spiro atoms. The molecule has 0 bridgehead atoms. The molecule has 4 heteroatoms. The van der Waals surface area contributed by atoms with E-state index in [4.69, 9.17) is 5.11 Å². The first-order valence-electron chi connectivity index (χ1n) is 3.44. The summed E-state index contributed by atoms with van der Waals surface area (Å²) in [5.74, 6) is -0.284. The zero-order valence-electron chi connectivity index (χ0n) is 5.76. The summed E-state index contributed by atoms with van der Waals surface area (Å²) in [7, 11) is 0. The summed E-state index contributed by atoms with van der Waals surface area (Å²) in [6.45, 7) is 1.37. The molecule has 1 heterocycles. The lowest BCUT2D eigenvalue weighted by atomic mass is 10.2. The van der Waals surface area contributed by atoms with Crippen molar-refractivity contribution in [3.8, 4) is 0 Å². The van der Waals surface area contributed by atoms with Crippen LogP contribution in [-0.4, -0.2) is 36.8 Å². The minimum Gasteiger partial charge on any atom is -0.387 e. The molecule has 1 aliphatic rings. The second kappa shape index (κ2) is 3.53. The van der Waals surface area contributed by atoms with E-state index in [0.717, 1.165) is 19.5 Å². The standard InChI is InChI=1S/C6H12N2O2/c9-4-6(10)8-5-1-2-7-3-5/h5,7,9H,1-4H2,(H,8,10)/t5-/m0/s1. The Kier molecular flexibility index (Phi) is 2.65.